The number of hydrogen-bond donors (Lipinski definition) is 1. The Bertz CT molecular complexity index is 1210. The van der Waals surface area contributed by atoms with E-state index < -0.39 is 13.2 Å². The minimum absolute atomic E-state index is 0.114. The summed E-state index contributed by atoms with van der Waals surface area (Å²) in [5.74, 6) is 0.114. The molecule has 8 nitrogen and oxygen atoms in total. The van der Waals surface area contributed by atoms with Gasteiger partial charge < -0.3 is 14.3 Å². The lowest BCUT2D eigenvalue weighted by molar-refractivity contribution is -0.384. The zero-order valence-electron chi connectivity index (χ0n) is 19.9. The molecule has 0 saturated heterocycles. The minimum atomic E-state index is -1.85. The highest BCUT2D eigenvalue weighted by molar-refractivity contribution is 6.74. The van der Waals surface area contributed by atoms with E-state index in [9.17, 15) is 14.9 Å². The van der Waals surface area contributed by atoms with Crippen LogP contribution < -0.4 is 10.9 Å². The van der Waals surface area contributed by atoms with Crippen LogP contribution in [0.4, 0.5) is 17.2 Å². The molecule has 3 rings (SSSR count). The number of benzene rings is 1. The van der Waals surface area contributed by atoms with Crippen LogP contribution in [-0.4, -0.2) is 22.8 Å². The van der Waals surface area contributed by atoms with Crippen molar-refractivity contribution in [3.8, 4) is 11.3 Å². The van der Waals surface area contributed by atoms with E-state index >= 15 is 0 Å². The van der Waals surface area contributed by atoms with Gasteiger partial charge in [0, 0.05) is 36.6 Å². The highest BCUT2D eigenvalue weighted by Crippen LogP contribution is 2.37. The number of hydrogen-bond acceptors (Lipinski definition) is 6. The largest absolute Gasteiger partial charge is 0.413 e. The van der Waals surface area contributed by atoms with Gasteiger partial charge in [-0.2, -0.15) is 0 Å². The SMILES string of the molecule is Cn1ccc(-c2ccc([N+](=O)[O-])c(Nc3ccc(CO[Si](C)(C)C(C)(C)C)cc3)n2)cc1=O. The molecule has 0 amide bonds. The van der Waals surface area contributed by atoms with Gasteiger partial charge in [0.1, 0.15) is 0 Å². The van der Waals surface area contributed by atoms with Gasteiger partial charge in [-0.1, -0.05) is 32.9 Å². The highest BCUT2D eigenvalue weighted by Gasteiger charge is 2.37. The molecular formula is C24H30N4O4Si. The fraction of sp³-hybridized carbons (Fsp3) is 0.333. The maximum absolute atomic E-state index is 12.0. The summed E-state index contributed by atoms with van der Waals surface area (Å²) in [5, 5.41) is 14.7. The molecule has 0 spiro atoms. The predicted molar refractivity (Wildman–Crippen MR) is 133 cm³/mol. The molecule has 0 atom stereocenters. The van der Waals surface area contributed by atoms with Crippen molar-refractivity contribution < 1.29 is 9.35 Å². The van der Waals surface area contributed by atoms with Crippen LogP contribution in [0.2, 0.25) is 18.1 Å². The molecule has 174 valence electrons. The normalized spacial score (nSPS) is 11.9. The van der Waals surface area contributed by atoms with Crippen molar-refractivity contribution in [3.05, 3.63) is 80.8 Å². The number of pyridine rings is 2. The average Bonchev–Trinajstić information content (AvgIpc) is 2.74. The van der Waals surface area contributed by atoms with Crippen LogP contribution in [0.1, 0.15) is 26.3 Å². The van der Waals surface area contributed by atoms with Gasteiger partial charge in [0.2, 0.25) is 5.82 Å². The van der Waals surface area contributed by atoms with Crippen molar-refractivity contribution in [2.75, 3.05) is 5.32 Å². The Labute approximate surface area is 194 Å². The second-order valence-corrected chi connectivity index (χ2v) is 14.4. The lowest BCUT2D eigenvalue weighted by Gasteiger charge is -2.36. The van der Waals surface area contributed by atoms with Gasteiger partial charge in [-0.15, -0.1) is 0 Å². The Morgan fingerprint density at radius 2 is 1.79 bits per heavy atom. The first-order valence-electron chi connectivity index (χ1n) is 10.7. The van der Waals surface area contributed by atoms with Gasteiger partial charge in [0.05, 0.1) is 17.2 Å². The van der Waals surface area contributed by atoms with Gasteiger partial charge in [-0.25, -0.2) is 4.98 Å². The quantitative estimate of drug-likeness (QED) is 0.276. The molecule has 0 bridgehead atoms. The number of anilines is 2. The van der Waals surface area contributed by atoms with Crippen molar-refractivity contribution in [1.29, 1.82) is 0 Å². The van der Waals surface area contributed by atoms with Crippen molar-refractivity contribution in [1.82, 2.24) is 9.55 Å². The molecule has 0 saturated carbocycles. The van der Waals surface area contributed by atoms with Gasteiger partial charge in [-0.3, -0.25) is 14.9 Å². The summed E-state index contributed by atoms with van der Waals surface area (Å²) in [4.78, 5) is 27.4. The van der Waals surface area contributed by atoms with Crippen LogP contribution in [0, 0.1) is 10.1 Å². The molecular weight excluding hydrogens is 436 g/mol. The third kappa shape index (κ3) is 5.74. The molecule has 0 aliphatic rings. The van der Waals surface area contributed by atoms with E-state index in [1.165, 1.54) is 16.7 Å². The zero-order chi connectivity index (χ0) is 24.4. The van der Waals surface area contributed by atoms with E-state index in [4.69, 9.17) is 4.43 Å². The minimum Gasteiger partial charge on any atom is -0.413 e. The van der Waals surface area contributed by atoms with Crippen molar-refractivity contribution in [3.63, 3.8) is 0 Å². The molecule has 9 heteroatoms. The summed E-state index contributed by atoms with van der Waals surface area (Å²) < 4.78 is 7.71. The molecule has 0 radical (unpaired) electrons. The van der Waals surface area contributed by atoms with Crippen LogP contribution in [0.15, 0.2) is 59.5 Å². The van der Waals surface area contributed by atoms with E-state index in [-0.39, 0.29) is 22.1 Å². The number of aryl methyl sites for hydroxylation is 1. The summed E-state index contributed by atoms with van der Waals surface area (Å²) in [6, 6.07) is 13.7. The number of aromatic nitrogens is 2. The molecule has 0 unspecified atom stereocenters. The number of rotatable bonds is 7. The maximum atomic E-state index is 12.0. The summed E-state index contributed by atoms with van der Waals surface area (Å²) >= 11 is 0. The van der Waals surface area contributed by atoms with Gasteiger partial charge in [0.25, 0.3) is 5.56 Å². The molecule has 2 aromatic heterocycles. The van der Waals surface area contributed by atoms with Gasteiger partial charge in [-0.05, 0) is 48.0 Å². The van der Waals surface area contributed by atoms with E-state index in [1.54, 1.807) is 25.4 Å². The molecule has 0 aliphatic heterocycles. The highest BCUT2D eigenvalue weighted by atomic mass is 28.4. The van der Waals surface area contributed by atoms with E-state index in [0.717, 1.165) is 5.56 Å². The third-order valence-corrected chi connectivity index (χ3v) is 10.6. The fourth-order valence-electron chi connectivity index (χ4n) is 2.86. The van der Waals surface area contributed by atoms with Crippen LogP contribution in [0.3, 0.4) is 0 Å². The van der Waals surface area contributed by atoms with Crippen LogP contribution in [0.25, 0.3) is 11.3 Å². The van der Waals surface area contributed by atoms with E-state index in [2.05, 4.69) is 44.2 Å². The first-order chi connectivity index (χ1) is 15.4. The van der Waals surface area contributed by atoms with Crippen molar-refractivity contribution in [2.45, 2.75) is 45.5 Å². The van der Waals surface area contributed by atoms with Crippen molar-refractivity contribution in [2.24, 2.45) is 7.05 Å². The Morgan fingerprint density at radius 3 is 2.36 bits per heavy atom. The van der Waals surface area contributed by atoms with E-state index in [0.29, 0.717) is 23.6 Å². The number of nitrogens with one attached hydrogen (secondary N) is 1. The summed E-state index contributed by atoms with van der Waals surface area (Å²) in [5.41, 5.74) is 2.43. The first kappa shape index (κ1) is 24.3. The molecule has 2 heterocycles. The maximum Gasteiger partial charge on any atom is 0.311 e. The second-order valence-electron chi connectivity index (χ2n) is 9.56. The average molecular weight is 467 g/mol. The Morgan fingerprint density at radius 1 is 1.12 bits per heavy atom. The number of nitrogens with zero attached hydrogens (tertiary/aromatic N) is 3. The molecule has 33 heavy (non-hydrogen) atoms. The lowest BCUT2D eigenvalue weighted by atomic mass is 10.1. The standard InChI is InChI=1S/C24H30N4O4Si/c1-24(2,3)33(5,6)32-16-17-7-9-19(10-8-17)25-23-21(28(30)31)12-11-20(26-23)18-13-14-27(4)22(29)15-18/h7-15H,16H2,1-6H3,(H,25,26). The van der Waals surface area contributed by atoms with E-state index in [1.807, 2.05) is 24.3 Å². The third-order valence-electron chi connectivity index (χ3n) is 6.09. The monoisotopic (exact) mass is 466 g/mol. The summed E-state index contributed by atoms with van der Waals surface area (Å²) in [6.07, 6.45) is 1.64. The predicted octanol–water partition coefficient (Wildman–Crippen LogP) is 5.62. The van der Waals surface area contributed by atoms with Crippen LogP contribution in [0.5, 0.6) is 0 Å². The Hall–Kier alpha value is -3.30. The first-order valence-corrected chi connectivity index (χ1v) is 13.6. The smallest absolute Gasteiger partial charge is 0.311 e. The van der Waals surface area contributed by atoms with Crippen LogP contribution >= 0.6 is 0 Å². The second kappa shape index (κ2) is 9.28. The lowest BCUT2D eigenvalue weighted by Crippen LogP contribution is -2.40. The zero-order valence-corrected chi connectivity index (χ0v) is 20.9. The molecule has 1 aromatic carbocycles. The fourth-order valence-corrected chi connectivity index (χ4v) is 3.82. The van der Waals surface area contributed by atoms with Crippen molar-refractivity contribution >= 4 is 25.5 Å². The molecule has 0 aliphatic carbocycles. The van der Waals surface area contributed by atoms with Crippen LogP contribution in [-0.2, 0) is 18.1 Å². The molecule has 1 N–H and O–H groups in total. The summed E-state index contributed by atoms with van der Waals surface area (Å²) in [7, 11) is -0.197. The Kier molecular flexibility index (Phi) is 6.85. The number of nitro groups is 1. The topological polar surface area (TPSA) is 99.3 Å². The summed E-state index contributed by atoms with van der Waals surface area (Å²) in [6.45, 7) is 11.6. The van der Waals surface area contributed by atoms with Gasteiger partial charge in [0.15, 0.2) is 8.32 Å². The van der Waals surface area contributed by atoms with Gasteiger partial charge >= 0.3 is 5.69 Å². The Balaban J connectivity index is 1.82. The molecule has 3 aromatic rings. The molecule has 0 fully saturated rings.